The summed E-state index contributed by atoms with van der Waals surface area (Å²) in [5.74, 6) is 0.141. The van der Waals surface area contributed by atoms with E-state index < -0.39 is 0 Å². The molecule has 0 bridgehead atoms. The number of anilines is 1. The first-order chi connectivity index (χ1) is 11.5. The Hall–Kier alpha value is -2.14. The minimum Gasteiger partial charge on any atom is -0.372 e. The molecule has 0 radical (unpaired) electrons. The number of carbonyl (C=O) groups is 1. The van der Waals surface area contributed by atoms with Crippen LogP contribution in [0.15, 0.2) is 24.4 Å². The summed E-state index contributed by atoms with van der Waals surface area (Å²) < 4.78 is 7.76. The number of amides is 1. The fraction of sp³-hybridized carbons (Fsp3) is 0.474. The Labute approximate surface area is 143 Å². The summed E-state index contributed by atoms with van der Waals surface area (Å²) in [6, 6.07) is 5.98. The molecule has 0 saturated heterocycles. The van der Waals surface area contributed by atoms with Gasteiger partial charge in [0.2, 0.25) is 5.91 Å². The van der Waals surface area contributed by atoms with Gasteiger partial charge in [0.1, 0.15) is 0 Å². The second-order valence-corrected chi connectivity index (χ2v) is 6.74. The van der Waals surface area contributed by atoms with Crippen molar-refractivity contribution >= 4 is 11.6 Å². The molecule has 3 rings (SSSR count). The fourth-order valence-electron chi connectivity index (χ4n) is 3.01. The lowest BCUT2D eigenvalue weighted by atomic mass is 9.81. The van der Waals surface area contributed by atoms with Gasteiger partial charge in [-0.3, -0.25) is 9.48 Å². The van der Waals surface area contributed by atoms with Crippen LogP contribution < -0.4 is 5.32 Å². The third kappa shape index (κ3) is 3.36. The zero-order valence-corrected chi connectivity index (χ0v) is 14.8. The normalized spacial score (nSPS) is 19.8. The summed E-state index contributed by atoms with van der Waals surface area (Å²) >= 11 is 0. The van der Waals surface area contributed by atoms with E-state index in [0.29, 0.717) is 6.61 Å². The molecular formula is C19H25N3O2. The van der Waals surface area contributed by atoms with Crippen molar-refractivity contribution in [3.05, 3.63) is 46.8 Å². The Morgan fingerprint density at radius 2 is 2.04 bits per heavy atom. The van der Waals surface area contributed by atoms with E-state index in [0.717, 1.165) is 35.3 Å². The van der Waals surface area contributed by atoms with Crippen LogP contribution in [0.4, 0.5) is 5.69 Å². The highest BCUT2D eigenvalue weighted by Crippen LogP contribution is 2.32. The topological polar surface area (TPSA) is 56.1 Å². The molecule has 0 unspecified atom stereocenters. The molecule has 128 valence electrons. The van der Waals surface area contributed by atoms with Gasteiger partial charge in [-0.2, -0.15) is 5.10 Å². The molecule has 0 spiro atoms. The standard InChI is InChI=1S/C19H25N3O2/c1-12-6-5-7-17(14(12)3)21-19(23)15-8-16(9-15)24-11-18-13(2)10-20-22(18)4/h5-7,10,15-16H,8-9,11H2,1-4H3,(H,21,23). The third-order valence-corrected chi connectivity index (χ3v) is 5.05. The summed E-state index contributed by atoms with van der Waals surface area (Å²) in [4.78, 5) is 12.4. The Kier molecular flexibility index (Phi) is 4.71. The maximum Gasteiger partial charge on any atom is 0.227 e. The van der Waals surface area contributed by atoms with E-state index in [4.69, 9.17) is 4.74 Å². The predicted molar refractivity (Wildman–Crippen MR) is 93.8 cm³/mol. The maximum atomic E-state index is 12.4. The smallest absolute Gasteiger partial charge is 0.227 e. The lowest BCUT2D eigenvalue weighted by Gasteiger charge is -2.34. The Morgan fingerprint density at radius 3 is 2.71 bits per heavy atom. The van der Waals surface area contributed by atoms with Crippen LogP contribution in [0, 0.1) is 26.7 Å². The van der Waals surface area contributed by atoms with Crippen molar-refractivity contribution in [1.29, 1.82) is 0 Å². The largest absolute Gasteiger partial charge is 0.372 e. The molecule has 1 aliphatic rings. The van der Waals surface area contributed by atoms with Gasteiger partial charge in [0.15, 0.2) is 0 Å². The van der Waals surface area contributed by atoms with E-state index in [1.165, 1.54) is 5.56 Å². The van der Waals surface area contributed by atoms with Crippen LogP contribution in [0.25, 0.3) is 0 Å². The van der Waals surface area contributed by atoms with Gasteiger partial charge in [0, 0.05) is 18.7 Å². The highest BCUT2D eigenvalue weighted by Gasteiger charge is 2.35. The molecule has 24 heavy (non-hydrogen) atoms. The number of hydrogen-bond acceptors (Lipinski definition) is 3. The number of nitrogens with one attached hydrogen (secondary N) is 1. The summed E-state index contributed by atoms with van der Waals surface area (Å²) in [6.45, 7) is 6.68. The van der Waals surface area contributed by atoms with Crippen LogP contribution in [0.5, 0.6) is 0 Å². The molecule has 1 aliphatic carbocycles. The average molecular weight is 327 g/mol. The zero-order chi connectivity index (χ0) is 17.3. The first-order valence-electron chi connectivity index (χ1n) is 8.42. The zero-order valence-electron chi connectivity index (χ0n) is 14.8. The SMILES string of the molecule is Cc1cccc(NC(=O)C2CC(OCc3c(C)cnn3C)C2)c1C. The van der Waals surface area contributed by atoms with Gasteiger partial charge < -0.3 is 10.1 Å². The van der Waals surface area contributed by atoms with Crippen molar-refractivity contribution in [1.82, 2.24) is 9.78 Å². The average Bonchev–Trinajstić information content (AvgIpc) is 2.82. The van der Waals surface area contributed by atoms with Crippen LogP contribution in [0.2, 0.25) is 0 Å². The van der Waals surface area contributed by atoms with Crippen LogP contribution >= 0.6 is 0 Å². The molecule has 1 N–H and O–H groups in total. The van der Waals surface area contributed by atoms with Crippen molar-refractivity contribution in [3.8, 4) is 0 Å². The van der Waals surface area contributed by atoms with Gasteiger partial charge in [0.05, 0.1) is 24.6 Å². The Balaban J connectivity index is 1.48. The van der Waals surface area contributed by atoms with Gasteiger partial charge in [-0.15, -0.1) is 0 Å². The van der Waals surface area contributed by atoms with Gasteiger partial charge in [-0.05, 0) is 56.4 Å². The molecule has 1 fully saturated rings. The van der Waals surface area contributed by atoms with Crippen LogP contribution in [-0.2, 0) is 23.2 Å². The predicted octanol–water partition coefficient (Wildman–Crippen LogP) is 3.28. The monoisotopic (exact) mass is 327 g/mol. The minimum atomic E-state index is 0.0440. The van der Waals surface area contributed by atoms with Crippen LogP contribution in [0.3, 0.4) is 0 Å². The van der Waals surface area contributed by atoms with Crippen LogP contribution in [0.1, 0.15) is 35.2 Å². The van der Waals surface area contributed by atoms with E-state index in [1.807, 2.05) is 43.9 Å². The molecule has 1 aromatic heterocycles. The van der Waals surface area contributed by atoms with Crippen molar-refractivity contribution in [2.75, 3.05) is 5.32 Å². The van der Waals surface area contributed by atoms with E-state index in [2.05, 4.69) is 23.4 Å². The third-order valence-electron chi connectivity index (χ3n) is 5.05. The summed E-state index contributed by atoms with van der Waals surface area (Å²) in [6.07, 6.45) is 3.58. The lowest BCUT2D eigenvalue weighted by molar-refractivity contribution is -0.129. The number of benzene rings is 1. The second kappa shape index (κ2) is 6.77. The van der Waals surface area contributed by atoms with Gasteiger partial charge in [-0.25, -0.2) is 0 Å². The number of nitrogens with zero attached hydrogens (tertiary/aromatic N) is 2. The Morgan fingerprint density at radius 1 is 1.29 bits per heavy atom. The molecule has 2 aromatic rings. The molecule has 0 aliphatic heterocycles. The summed E-state index contributed by atoms with van der Waals surface area (Å²) in [5.41, 5.74) is 5.47. The molecule has 1 saturated carbocycles. The lowest BCUT2D eigenvalue weighted by Crippen LogP contribution is -2.39. The van der Waals surface area contributed by atoms with E-state index in [-0.39, 0.29) is 17.9 Å². The van der Waals surface area contributed by atoms with E-state index >= 15 is 0 Å². The molecular weight excluding hydrogens is 302 g/mol. The first kappa shape index (κ1) is 16.7. The fourth-order valence-corrected chi connectivity index (χ4v) is 3.01. The minimum absolute atomic E-state index is 0.0440. The molecule has 5 heteroatoms. The van der Waals surface area contributed by atoms with Crippen molar-refractivity contribution in [3.63, 3.8) is 0 Å². The molecule has 5 nitrogen and oxygen atoms in total. The van der Waals surface area contributed by atoms with E-state index in [1.54, 1.807) is 0 Å². The van der Waals surface area contributed by atoms with Crippen molar-refractivity contribution in [2.24, 2.45) is 13.0 Å². The van der Waals surface area contributed by atoms with Crippen molar-refractivity contribution < 1.29 is 9.53 Å². The number of hydrogen-bond donors (Lipinski definition) is 1. The van der Waals surface area contributed by atoms with Gasteiger partial charge in [-0.1, -0.05) is 12.1 Å². The quantitative estimate of drug-likeness (QED) is 0.917. The number of ether oxygens (including phenoxy) is 1. The Bertz CT molecular complexity index is 726. The highest BCUT2D eigenvalue weighted by atomic mass is 16.5. The maximum absolute atomic E-state index is 12.4. The molecule has 1 heterocycles. The summed E-state index contributed by atoms with van der Waals surface area (Å²) in [5, 5.41) is 7.27. The number of carbonyl (C=O) groups excluding carboxylic acids is 1. The first-order valence-corrected chi connectivity index (χ1v) is 8.42. The number of rotatable bonds is 5. The van der Waals surface area contributed by atoms with Gasteiger partial charge in [0.25, 0.3) is 0 Å². The van der Waals surface area contributed by atoms with Crippen molar-refractivity contribution in [2.45, 2.75) is 46.3 Å². The molecule has 0 atom stereocenters. The van der Waals surface area contributed by atoms with E-state index in [9.17, 15) is 4.79 Å². The van der Waals surface area contributed by atoms with Gasteiger partial charge >= 0.3 is 0 Å². The highest BCUT2D eigenvalue weighted by molar-refractivity contribution is 5.94. The second-order valence-electron chi connectivity index (χ2n) is 6.74. The van der Waals surface area contributed by atoms with Crippen LogP contribution in [-0.4, -0.2) is 21.8 Å². The number of aromatic nitrogens is 2. The summed E-state index contributed by atoms with van der Waals surface area (Å²) in [7, 11) is 1.92. The number of aryl methyl sites for hydroxylation is 3. The molecule has 1 aromatic carbocycles. The molecule has 1 amide bonds.